The molecule has 1 aromatic carbocycles. The Balaban J connectivity index is 2.23. The summed E-state index contributed by atoms with van der Waals surface area (Å²) < 4.78 is 18.8. The topological polar surface area (TPSA) is 77.8 Å². The molecule has 0 aliphatic rings. The number of nitrogen functional groups attached to an aromatic ring is 1. The third-order valence-corrected chi connectivity index (χ3v) is 2.70. The van der Waals surface area contributed by atoms with E-state index < -0.39 is 5.82 Å². The summed E-state index contributed by atoms with van der Waals surface area (Å²) in [6, 6.07) is 6.29. The van der Waals surface area contributed by atoms with Gasteiger partial charge in [-0.25, -0.2) is 14.4 Å². The predicted octanol–water partition coefficient (Wildman–Crippen LogP) is 2.52. The first-order valence-electron chi connectivity index (χ1n) is 5.53. The highest BCUT2D eigenvalue weighted by atomic mass is 19.1. The van der Waals surface area contributed by atoms with E-state index in [2.05, 4.69) is 15.1 Å². The van der Waals surface area contributed by atoms with Crippen LogP contribution in [0.5, 0.6) is 0 Å². The molecular weight excluding hydrogens is 247 g/mol. The number of nitrogens with zero attached hydrogens (tertiary/aromatic N) is 3. The predicted molar refractivity (Wildman–Crippen MR) is 67.3 cm³/mol. The quantitative estimate of drug-likeness (QED) is 0.762. The lowest BCUT2D eigenvalue weighted by Crippen LogP contribution is -1.91. The Morgan fingerprint density at radius 3 is 2.58 bits per heavy atom. The molecule has 3 rings (SSSR count). The van der Waals surface area contributed by atoms with Gasteiger partial charge >= 0.3 is 0 Å². The van der Waals surface area contributed by atoms with Gasteiger partial charge in [-0.1, -0.05) is 23.4 Å². The normalized spacial score (nSPS) is 10.6. The van der Waals surface area contributed by atoms with Gasteiger partial charge < -0.3 is 10.3 Å². The van der Waals surface area contributed by atoms with E-state index in [1.807, 2.05) is 0 Å². The number of hydrogen-bond acceptors (Lipinski definition) is 5. The number of hydrogen-bond donors (Lipinski definition) is 1. The van der Waals surface area contributed by atoms with Crippen LogP contribution in [0.25, 0.3) is 22.4 Å². The summed E-state index contributed by atoms with van der Waals surface area (Å²) in [4.78, 5) is 7.80. The molecule has 2 aromatic heterocycles. The lowest BCUT2D eigenvalue weighted by Gasteiger charge is -2.03. The van der Waals surface area contributed by atoms with Crippen LogP contribution >= 0.6 is 0 Å². The molecule has 0 aliphatic heterocycles. The zero-order chi connectivity index (χ0) is 13.2. The van der Waals surface area contributed by atoms with Gasteiger partial charge in [0, 0.05) is 23.5 Å². The fourth-order valence-electron chi connectivity index (χ4n) is 1.85. The Hall–Kier alpha value is -2.76. The molecule has 2 heterocycles. The SMILES string of the molecule is Nc1onc(-c2cncnc2)c1-c1ccccc1F. The summed E-state index contributed by atoms with van der Waals surface area (Å²) in [6.45, 7) is 0. The van der Waals surface area contributed by atoms with Gasteiger partial charge in [0.05, 0.1) is 5.56 Å². The van der Waals surface area contributed by atoms with Crippen molar-refractivity contribution in [2.24, 2.45) is 0 Å². The van der Waals surface area contributed by atoms with E-state index in [1.165, 1.54) is 12.4 Å². The lowest BCUT2D eigenvalue weighted by atomic mass is 10.0. The number of anilines is 1. The van der Waals surface area contributed by atoms with Gasteiger partial charge in [-0.3, -0.25) is 0 Å². The van der Waals surface area contributed by atoms with Gasteiger partial charge in [-0.05, 0) is 6.07 Å². The third kappa shape index (κ3) is 1.93. The Morgan fingerprint density at radius 2 is 1.84 bits per heavy atom. The Kier molecular flexibility index (Phi) is 2.68. The summed E-state index contributed by atoms with van der Waals surface area (Å²) in [7, 11) is 0. The van der Waals surface area contributed by atoms with Crippen LogP contribution in [0.15, 0.2) is 47.5 Å². The summed E-state index contributed by atoms with van der Waals surface area (Å²) in [5.74, 6) is -0.334. The summed E-state index contributed by atoms with van der Waals surface area (Å²) >= 11 is 0. The van der Waals surface area contributed by atoms with Crippen molar-refractivity contribution in [2.45, 2.75) is 0 Å². The molecule has 6 heteroatoms. The summed E-state index contributed by atoms with van der Waals surface area (Å²) in [5.41, 5.74) is 7.52. The van der Waals surface area contributed by atoms with Gasteiger partial charge in [0.25, 0.3) is 0 Å². The first-order valence-corrected chi connectivity index (χ1v) is 5.53. The minimum Gasteiger partial charge on any atom is -0.367 e. The highest BCUT2D eigenvalue weighted by Crippen LogP contribution is 2.36. The Labute approximate surface area is 107 Å². The summed E-state index contributed by atoms with van der Waals surface area (Å²) in [5, 5.41) is 3.86. The molecule has 0 saturated heterocycles. The first kappa shape index (κ1) is 11.3. The number of halogens is 1. The van der Waals surface area contributed by atoms with Crippen molar-refractivity contribution in [3.05, 3.63) is 48.8 Å². The maximum Gasteiger partial charge on any atom is 0.230 e. The first-order chi connectivity index (χ1) is 9.27. The van der Waals surface area contributed by atoms with Gasteiger partial charge in [-0.15, -0.1) is 0 Å². The van der Waals surface area contributed by atoms with Crippen LogP contribution in [0.2, 0.25) is 0 Å². The molecule has 0 saturated carbocycles. The van der Waals surface area contributed by atoms with Crippen LogP contribution in [0.1, 0.15) is 0 Å². The number of nitrogens with two attached hydrogens (primary N) is 1. The van der Waals surface area contributed by atoms with Gasteiger partial charge in [0.1, 0.15) is 17.8 Å². The molecule has 0 aliphatic carbocycles. The maximum atomic E-state index is 13.9. The second kappa shape index (κ2) is 4.49. The molecule has 0 spiro atoms. The molecule has 5 nitrogen and oxygen atoms in total. The third-order valence-electron chi connectivity index (χ3n) is 2.70. The van der Waals surface area contributed by atoms with E-state index in [0.29, 0.717) is 22.4 Å². The van der Waals surface area contributed by atoms with E-state index in [0.717, 1.165) is 0 Å². The molecule has 0 unspecified atom stereocenters. The average molecular weight is 256 g/mol. The van der Waals surface area contributed by atoms with Crippen molar-refractivity contribution >= 4 is 5.88 Å². The molecule has 0 radical (unpaired) electrons. The van der Waals surface area contributed by atoms with Crippen molar-refractivity contribution in [1.29, 1.82) is 0 Å². The lowest BCUT2D eigenvalue weighted by molar-refractivity contribution is 0.439. The molecule has 0 fully saturated rings. The molecule has 0 bridgehead atoms. The van der Waals surface area contributed by atoms with Gasteiger partial charge in [-0.2, -0.15) is 0 Å². The number of benzene rings is 1. The molecule has 0 atom stereocenters. The standard InChI is InChI=1S/C13H9FN4O/c14-10-4-2-1-3-9(10)11-12(18-19-13(11)15)8-5-16-7-17-6-8/h1-7H,15H2. The van der Waals surface area contributed by atoms with Crippen molar-refractivity contribution in [2.75, 3.05) is 5.73 Å². The van der Waals surface area contributed by atoms with Crippen LogP contribution in [0.3, 0.4) is 0 Å². The Bertz CT molecular complexity index is 712. The second-order valence-electron chi connectivity index (χ2n) is 3.88. The van der Waals surface area contributed by atoms with E-state index in [-0.39, 0.29) is 5.88 Å². The molecule has 3 aromatic rings. The van der Waals surface area contributed by atoms with Crippen molar-refractivity contribution < 1.29 is 8.91 Å². The fraction of sp³-hybridized carbons (Fsp3) is 0. The Morgan fingerprint density at radius 1 is 1.11 bits per heavy atom. The maximum absolute atomic E-state index is 13.9. The second-order valence-corrected chi connectivity index (χ2v) is 3.88. The smallest absolute Gasteiger partial charge is 0.230 e. The van der Waals surface area contributed by atoms with Crippen molar-refractivity contribution in [3.8, 4) is 22.4 Å². The van der Waals surface area contributed by atoms with Crippen LogP contribution in [-0.2, 0) is 0 Å². The van der Waals surface area contributed by atoms with E-state index in [9.17, 15) is 4.39 Å². The molecule has 94 valence electrons. The van der Waals surface area contributed by atoms with E-state index in [1.54, 1.807) is 30.6 Å². The summed E-state index contributed by atoms with van der Waals surface area (Å²) in [6.07, 6.45) is 4.53. The van der Waals surface area contributed by atoms with Gasteiger partial charge in [0.15, 0.2) is 0 Å². The minimum atomic E-state index is -0.393. The minimum absolute atomic E-state index is 0.0592. The van der Waals surface area contributed by atoms with Crippen LogP contribution < -0.4 is 5.73 Å². The van der Waals surface area contributed by atoms with Crippen LogP contribution in [0, 0.1) is 5.82 Å². The molecule has 19 heavy (non-hydrogen) atoms. The zero-order valence-corrected chi connectivity index (χ0v) is 9.75. The van der Waals surface area contributed by atoms with Crippen LogP contribution in [0.4, 0.5) is 10.3 Å². The van der Waals surface area contributed by atoms with Crippen molar-refractivity contribution in [3.63, 3.8) is 0 Å². The largest absolute Gasteiger partial charge is 0.367 e. The molecule has 0 amide bonds. The highest BCUT2D eigenvalue weighted by Gasteiger charge is 2.20. The van der Waals surface area contributed by atoms with Crippen LogP contribution in [-0.4, -0.2) is 15.1 Å². The van der Waals surface area contributed by atoms with E-state index >= 15 is 0 Å². The zero-order valence-electron chi connectivity index (χ0n) is 9.75. The van der Waals surface area contributed by atoms with Crippen molar-refractivity contribution in [1.82, 2.24) is 15.1 Å². The molecular formula is C13H9FN4O. The average Bonchev–Trinajstić information content (AvgIpc) is 2.82. The molecule has 2 N–H and O–H groups in total. The number of rotatable bonds is 2. The highest BCUT2D eigenvalue weighted by molar-refractivity contribution is 5.86. The fourth-order valence-corrected chi connectivity index (χ4v) is 1.85. The monoisotopic (exact) mass is 256 g/mol. The van der Waals surface area contributed by atoms with Gasteiger partial charge in [0.2, 0.25) is 5.88 Å². The number of aromatic nitrogens is 3. The van der Waals surface area contributed by atoms with E-state index in [4.69, 9.17) is 10.3 Å².